The van der Waals surface area contributed by atoms with Gasteiger partial charge in [0.25, 0.3) is 5.91 Å². The number of amides is 1. The molecule has 3 aromatic rings. The Balaban J connectivity index is 1.70. The number of aromatic nitrogens is 1. The fourth-order valence-electron chi connectivity index (χ4n) is 3.89. The fourth-order valence-corrected chi connectivity index (χ4v) is 3.89. The maximum Gasteiger partial charge on any atom is 0.254 e. The fraction of sp³-hybridized carbons (Fsp3) is 0.286. The average Bonchev–Trinajstić information content (AvgIpc) is 3.05. The molecule has 0 saturated heterocycles. The van der Waals surface area contributed by atoms with Crippen LogP contribution in [0.3, 0.4) is 0 Å². The maximum atomic E-state index is 13.1. The Hall–Kier alpha value is -2.75. The first-order chi connectivity index (χ1) is 12.2. The Morgan fingerprint density at radius 1 is 1.20 bits per heavy atom. The quantitative estimate of drug-likeness (QED) is 0.775. The molecule has 1 aliphatic heterocycles. The van der Waals surface area contributed by atoms with Crippen molar-refractivity contribution >= 4 is 16.8 Å². The zero-order valence-electron chi connectivity index (χ0n) is 14.6. The van der Waals surface area contributed by atoms with E-state index in [4.69, 9.17) is 4.74 Å². The molecule has 4 heteroatoms. The lowest BCUT2D eigenvalue weighted by Gasteiger charge is -2.35. The summed E-state index contributed by atoms with van der Waals surface area (Å²) < 4.78 is 5.19. The smallest absolute Gasteiger partial charge is 0.254 e. The van der Waals surface area contributed by atoms with Crippen molar-refractivity contribution in [2.45, 2.75) is 25.8 Å². The monoisotopic (exact) mass is 334 g/mol. The molecule has 0 aliphatic carbocycles. The highest BCUT2D eigenvalue weighted by molar-refractivity contribution is 5.95. The number of para-hydroxylation sites is 1. The van der Waals surface area contributed by atoms with Crippen LogP contribution in [-0.2, 0) is 6.42 Å². The molecule has 2 aromatic carbocycles. The third-order valence-electron chi connectivity index (χ3n) is 5.14. The van der Waals surface area contributed by atoms with Crippen LogP contribution in [0.15, 0.2) is 48.5 Å². The number of nitrogens with zero attached hydrogens (tertiary/aromatic N) is 1. The third kappa shape index (κ3) is 2.58. The van der Waals surface area contributed by atoms with E-state index in [2.05, 4.69) is 30.1 Å². The number of hydrogen-bond acceptors (Lipinski definition) is 2. The van der Waals surface area contributed by atoms with E-state index in [9.17, 15) is 4.79 Å². The SMILES string of the molecule is CCC1c2[nH]c3ccccc3c2CCN1C(=O)c1ccc(OC)cc1. The Morgan fingerprint density at radius 2 is 1.96 bits per heavy atom. The number of carbonyl (C=O) groups is 1. The molecule has 4 nitrogen and oxygen atoms in total. The van der Waals surface area contributed by atoms with Crippen LogP contribution in [0.1, 0.15) is 41.0 Å². The summed E-state index contributed by atoms with van der Waals surface area (Å²) >= 11 is 0. The summed E-state index contributed by atoms with van der Waals surface area (Å²) in [7, 11) is 1.63. The van der Waals surface area contributed by atoms with Crippen LogP contribution in [-0.4, -0.2) is 29.4 Å². The van der Waals surface area contributed by atoms with E-state index in [-0.39, 0.29) is 11.9 Å². The van der Waals surface area contributed by atoms with Crippen LogP contribution in [0, 0.1) is 0 Å². The van der Waals surface area contributed by atoms with Gasteiger partial charge in [0.2, 0.25) is 0 Å². The molecule has 0 radical (unpaired) electrons. The molecule has 128 valence electrons. The van der Waals surface area contributed by atoms with Crippen molar-refractivity contribution in [3.63, 3.8) is 0 Å². The maximum absolute atomic E-state index is 13.1. The molecule has 25 heavy (non-hydrogen) atoms. The Kier molecular flexibility index (Phi) is 3.96. The summed E-state index contributed by atoms with van der Waals surface area (Å²) in [5.41, 5.74) is 4.42. The van der Waals surface area contributed by atoms with E-state index >= 15 is 0 Å². The molecule has 0 fully saturated rings. The first kappa shape index (κ1) is 15.8. The number of benzene rings is 2. The Bertz CT molecular complexity index is 911. The van der Waals surface area contributed by atoms with Gasteiger partial charge < -0.3 is 14.6 Å². The number of fused-ring (bicyclic) bond motifs is 3. The van der Waals surface area contributed by atoms with Gasteiger partial charge >= 0.3 is 0 Å². The number of methoxy groups -OCH3 is 1. The second kappa shape index (κ2) is 6.28. The van der Waals surface area contributed by atoms with Gasteiger partial charge in [-0.1, -0.05) is 25.1 Å². The number of aromatic amines is 1. The highest BCUT2D eigenvalue weighted by atomic mass is 16.5. The van der Waals surface area contributed by atoms with Gasteiger partial charge in [-0.3, -0.25) is 4.79 Å². The molecule has 1 aromatic heterocycles. The van der Waals surface area contributed by atoms with Crippen molar-refractivity contribution in [3.8, 4) is 5.75 Å². The van der Waals surface area contributed by atoms with Gasteiger partial charge in [-0.05, 0) is 48.7 Å². The van der Waals surface area contributed by atoms with Gasteiger partial charge in [-0.15, -0.1) is 0 Å². The van der Waals surface area contributed by atoms with Crippen molar-refractivity contribution in [3.05, 3.63) is 65.4 Å². The minimum absolute atomic E-state index is 0.0822. The van der Waals surface area contributed by atoms with E-state index in [0.717, 1.165) is 30.7 Å². The molecule has 4 rings (SSSR count). The number of hydrogen-bond donors (Lipinski definition) is 1. The summed E-state index contributed by atoms with van der Waals surface area (Å²) in [6.07, 6.45) is 1.78. The van der Waals surface area contributed by atoms with Crippen molar-refractivity contribution in [1.82, 2.24) is 9.88 Å². The minimum Gasteiger partial charge on any atom is -0.497 e. The van der Waals surface area contributed by atoms with Crippen molar-refractivity contribution in [1.29, 1.82) is 0 Å². The second-order valence-electron chi connectivity index (χ2n) is 6.46. The number of ether oxygens (including phenoxy) is 1. The first-order valence-corrected chi connectivity index (χ1v) is 8.77. The topological polar surface area (TPSA) is 45.3 Å². The first-order valence-electron chi connectivity index (χ1n) is 8.77. The standard InChI is InChI=1S/C21H22N2O2/c1-3-19-20-17(16-6-4-5-7-18(16)22-20)12-13-23(19)21(24)14-8-10-15(25-2)11-9-14/h4-11,19,22H,3,12-13H2,1-2H3. The van der Waals surface area contributed by atoms with Crippen LogP contribution >= 0.6 is 0 Å². The van der Waals surface area contributed by atoms with Gasteiger partial charge in [-0.2, -0.15) is 0 Å². The molecule has 0 saturated carbocycles. The predicted molar refractivity (Wildman–Crippen MR) is 99.1 cm³/mol. The zero-order chi connectivity index (χ0) is 17.4. The molecule has 1 unspecified atom stereocenters. The van der Waals surface area contributed by atoms with Gasteiger partial charge in [0.1, 0.15) is 5.75 Å². The molecule has 1 aliphatic rings. The molecule has 1 N–H and O–H groups in total. The van der Waals surface area contributed by atoms with Gasteiger partial charge in [0, 0.05) is 28.7 Å². The van der Waals surface area contributed by atoms with E-state index in [1.54, 1.807) is 7.11 Å². The Labute approximate surface area is 147 Å². The normalized spacial score (nSPS) is 16.7. The van der Waals surface area contributed by atoms with Crippen molar-refractivity contribution in [2.75, 3.05) is 13.7 Å². The number of H-pyrrole nitrogens is 1. The van der Waals surface area contributed by atoms with Crippen LogP contribution < -0.4 is 4.74 Å². The van der Waals surface area contributed by atoms with Gasteiger partial charge in [-0.25, -0.2) is 0 Å². The summed E-state index contributed by atoms with van der Waals surface area (Å²) in [6, 6.07) is 15.8. The van der Waals surface area contributed by atoms with Crippen LogP contribution in [0.25, 0.3) is 10.9 Å². The molecule has 1 atom stereocenters. The lowest BCUT2D eigenvalue weighted by Crippen LogP contribution is -2.39. The number of carbonyl (C=O) groups excluding carboxylic acids is 1. The number of rotatable bonds is 3. The summed E-state index contributed by atoms with van der Waals surface area (Å²) in [5, 5.41) is 1.28. The zero-order valence-corrected chi connectivity index (χ0v) is 14.6. The Morgan fingerprint density at radius 3 is 2.68 bits per heavy atom. The summed E-state index contributed by atoms with van der Waals surface area (Å²) in [6.45, 7) is 2.89. The summed E-state index contributed by atoms with van der Waals surface area (Å²) in [4.78, 5) is 18.6. The lowest BCUT2D eigenvalue weighted by atomic mass is 9.95. The summed E-state index contributed by atoms with van der Waals surface area (Å²) in [5.74, 6) is 0.846. The van der Waals surface area contributed by atoms with Crippen molar-refractivity contribution in [2.24, 2.45) is 0 Å². The highest BCUT2D eigenvalue weighted by Crippen LogP contribution is 2.36. The molecular formula is C21H22N2O2. The third-order valence-corrected chi connectivity index (χ3v) is 5.14. The largest absolute Gasteiger partial charge is 0.497 e. The predicted octanol–water partition coefficient (Wildman–Crippen LogP) is 4.33. The van der Waals surface area contributed by atoms with Crippen LogP contribution in [0.4, 0.5) is 0 Å². The van der Waals surface area contributed by atoms with E-state index in [1.165, 1.54) is 16.6 Å². The van der Waals surface area contributed by atoms with Crippen LogP contribution in [0.5, 0.6) is 5.75 Å². The second-order valence-corrected chi connectivity index (χ2v) is 6.46. The average molecular weight is 334 g/mol. The number of nitrogens with one attached hydrogen (secondary N) is 1. The molecular weight excluding hydrogens is 312 g/mol. The lowest BCUT2D eigenvalue weighted by molar-refractivity contribution is 0.0652. The van der Waals surface area contributed by atoms with Gasteiger partial charge in [0.15, 0.2) is 0 Å². The van der Waals surface area contributed by atoms with E-state index in [1.807, 2.05) is 35.2 Å². The molecule has 2 heterocycles. The highest BCUT2D eigenvalue weighted by Gasteiger charge is 2.32. The molecule has 0 spiro atoms. The van der Waals surface area contributed by atoms with E-state index in [0.29, 0.717) is 5.56 Å². The van der Waals surface area contributed by atoms with Gasteiger partial charge in [0.05, 0.1) is 13.2 Å². The van der Waals surface area contributed by atoms with E-state index < -0.39 is 0 Å². The minimum atomic E-state index is 0.0822. The molecule has 0 bridgehead atoms. The van der Waals surface area contributed by atoms with Crippen molar-refractivity contribution < 1.29 is 9.53 Å². The molecule has 1 amide bonds. The van der Waals surface area contributed by atoms with Crippen LogP contribution in [0.2, 0.25) is 0 Å².